The van der Waals surface area contributed by atoms with E-state index in [0.717, 1.165) is 15.4 Å². The van der Waals surface area contributed by atoms with Crippen molar-refractivity contribution in [2.75, 3.05) is 7.05 Å². The molecular formula is C9H14N2O2S. The van der Waals surface area contributed by atoms with E-state index >= 15 is 0 Å². The Morgan fingerprint density at radius 2 is 2.07 bits per heavy atom. The van der Waals surface area contributed by atoms with Crippen molar-refractivity contribution in [1.29, 1.82) is 0 Å². The number of nitrogens with two attached hydrogens (primary N) is 1. The third-order valence-electron chi connectivity index (χ3n) is 1.92. The molecule has 78 valence electrons. The van der Waals surface area contributed by atoms with Gasteiger partial charge in [-0.05, 0) is 12.5 Å². The molecule has 5 heteroatoms. The molecule has 0 bridgehead atoms. The van der Waals surface area contributed by atoms with Crippen LogP contribution in [0.15, 0.2) is 24.3 Å². The molecule has 0 saturated carbocycles. The third kappa shape index (κ3) is 3.10. The summed E-state index contributed by atoms with van der Waals surface area (Å²) < 4.78 is 23.0. The first kappa shape index (κ1) is 11.2. The zero-order chi connectivity index (χ0) is 10.8. The molecule has 0 aliphatic rings. The molecule has 0 aliphatic carbocycles. The van der Waals surface area contributed by atoms with Crippen molar-refractivity contribution >= 4 is 10.2 Å². The molecule has 0 atom stereocenters. The predicted molar refractivity (Wildman–Crippen MR) is 55.8 cm³/mol. The van der Waals surface area contributed by atoms with Gasteiger partial charge in [0.15, 0.2) is 0 Å². The largest absolute Gasteiger partial charge is 0.276 e. The Labute approximate surface area is 84.5 Å². The van der Waals surface area contributed by atoms with Crippen molar-refractivity contribution < 1.29 is 8.42 Å². The highest BCUT2D eigenvalue weighted by Gasteiger charge is 2.11. The van der Waals surface area contributed by atoms with E-state index in [1.165, 1.54) is 7.05 Å². The summed E-state index contributed by atoms with van der Waals surface area (Å²) in [5.41, 5.74) is 2.03. The van der Waals surface area contributed by atoms with Gasteiger partial charge in [0.05, 0.1) is 0 Å². The minimum atomic E-state index is -3.58. The van der Waals surface area contributed by atoms with Crippen LogP contribution in [0.3, 0.4) is 0 Å². The summed E-state index contributed by atoms with van der Waals surface area (Å²) in [5.74, 6) is 0. The highest BCUT2D eigenvalue weighted by atomic mass is 32.2. The molecular weight excluding hydrogens is 200 g/mol. The normalized spacial score (nSPS) is 12.0. The Balaban J connectivity index is 2.80. The molecule has 4 nitrogen and oxygen atoms in total. The summed E-state index contributed by atoms with van der Waals surface area (Å²) in [6.07, 6.45) is 0. The maximum atomic E-state index is 10.9. The van der Waals surface area contributed by atoms with Crippen LogP contribution in [-0.4, -0.2) is 19.8 Å². The van der Waals surface area contributed by atoms with Crippen LogP contribution in [0, 0.1) is 6.92 Å². The van der Waals surface area contributed by atoms with Gasteiger partial charge in [0.25, 0.3) is 10.2 Å². The molecule has 0 fully saturated rings. The second kappa shape index (κ2) is 4.08. The SMILES string of the molecule is Cc1cccc(CN(C)S(N)(=O)=O)c1. The Morgan fingerprint density at radius 1 is 1.43 bits per heavy atom. The lowest BCUT2D eigenvalue weighted by Crippen LogP contribution is -2.32. The Bertz CT molecular complexity index is 415. The van der Waals surface area contributed by atoms with E-state index in [9.17, 15) is 8.42 Å². The lowest BCUT2D eigenvalue weighted by molar-refractivity contribution is 0.468. The summed E-state index contributed by atoms with van der Waals surface area (Å²) in [5, 5.41) is 4.96. The number of benzene rings is 1. The van der Waals surface area contributed by atoms with Crippen LogP contribution in [0.1, 0.15) is 11.1 Å². The van der Waals surface area contributed by atoms with Crippen LogP contribution in [0.5, 0.6) is 0 Å². The molecule has 0 spiro atoms. The van der Waals surface area contributed by atoms with Crippen LogP contribution in [0.25, 0.3) is 0 Å². The minimum absolute atomic E-state index is 0.306. The van der Waals surface area contributed by atoms with Gasteiger partial charge in [0.1, 0.15) is 0 Å². The lowest BCUT2D eigenvalue weighted by Gasteiger charge is -2.13. The van der Waals surface area contributed by atoms with E-state index < -0.39 is 10.2 Å². The molecule has 2 N–H and O–H groups in total. The van der Waals surface area contributed by atoms with Crippen molar-refractivity contribution in [1.82, 2.24) is 4.31 Å². The molecule has 0 saturated heterocycles. The molecule has 0 aliphatic heterocycles. The average molecular weight is 214 g/mol. The van der Waals surface area contributed by atoms with E-state index in [1.54, 1.807) is 0 Å². The Hall–Kier alpha value is -0.910. The third-order valence-corrected chi connectivity index (χ3v) is 2.92. The standard InChI is InChI=1S/C9H14N2O2S/c1-8-4-3-5-9(6-8)7-11(2)14(10,12)13/h3-6H,7H2,1-2H3,(H2,10,12,13). The molecule has 14 heavy (non-hydrogen) atoms. The van der Waals surface area contributed by atoms with Crippen molar-refractivity contribution in [3.05, 3.63) is 35.4 Å². The lowest BCUT2D eigenvalue weighted by atomic mass is 10.1. The van der Waals surface area contributed by atoms with Gasteiger partial charge in [0, 0.05) is 13.6 Å². The van der Waals surface area contributed by atoms with E-state index in [0.29, 0.717) is 6.54 Å². The van der Waals surface area contributed by atoms with Crippen LogP contribution in [0.4, 0.5) is 0 Å². The van der Waals surface area contributed by atoms with Crippen LogP contribution in [-0.2, 0) is 16.8 Å². The van der Waals surface area contributed by atoms with Crippen molar-refractivity contribution in [3.63, 3.8) is 0 Å². The van der Waals surface area contributed by atoms with Gasteiger partial charge in [-0.25, -0.2) is 5.14 Å². The Morgan fingerprint density at radius 3 is 2.57 bits per heavy atom. The van der Waals surface area contributed by atoms with Gasteiger partial charge in [0.2, 0.25) is 0 Å². The van der Waals surface area contributed by atoms with Crippen molar-refractivity contribution in [2.45, 2.75) is 13.5 Å². The number of nitrogens with zero attached hydrogens (tertiary/aromatic N) is 1. The minimum Gasteiger partial charge on any atom is -0.216 e. The summed E-state index contributed by atoms with van der Waals surface area (Å²) in [7, 11) is -2.12. The second-order valence-corrected chi connectivity index (χ2v) is 4.94. The first-order valence-corrected chi connectivity index (χ1v) is 5.69. The maximum Gasteiger partial charge on any atom is 0.276 e. The van der Waals surface area contributed by atoms with Gasteiger partial charge in [-0.1, -0.05) is 29.8 Å². The summed E-state index contributed by atoms with van der Waals surface area (Å²) in [6.45, 7) is 2.26. The summed E-state index contributed by atoms with van der Waals surface area (Å²) >= 11 is 0. The molecule has 1 aromatic carbocycles. The smallest absolute Gasteiger partial charge is 0.216 e. The molecule has 1 aromatic rings. The monoisotopic (exact) mass is 214 g/mol. The van der Waals surface area contributed by atoms with Crippen LogP contribution < -0.4 is 5.14 Å². The van der Waals surface area contributed by atoms with Gasteiger partial charge in [-0.2, -0.15) is 12.7 Å². The molecule has 0 heterocycles. The maximum absolute atomic E-state index is 10.9. The summed E-state index contributed by atoms with van der Waals surface area (Å²) in [6, 6.07) is 7.65. The first-order valence-electron chi connectivity index (χ1n) is 4.19. The number of hydrogen-bond donors (Lipinski definition) is 1. The molecule has 1 rings (SSSR count). The van der Waals surface area contributed by atoms with E-state index in [4.69, 9.17) is 5.14 Å². The Kier molecular flexibility index (Phi) is 3.25. The predicted octanol–water partition coefficient (Wildman–Crippen LogP) is 0.630. The fourth-order valence-electron chi connectivity index (χ4n) is 1.16. The van der Waals surface area contributed by atoms with E-state index in [2.05, 4.69) is 0 Å². The number of hydrogen-bond acceptors (Lipinski definition) is 2. The zero-order valence-corrected chi connectivity index (χ0v) is 9.08. The van der Waals surface area contributed by atoms with Crippen LogP contribution >= 0.6 is 0 Å². The van der Waals surface area contributed by atoms with Gasteiger partial charge >= 0.3 is 0 Å². The van der Waals surface area contributed by atoms with Crippen LogP contribution in [0.2, 0.25) is 0 Å². The fourth-order valence-corrected chi connectivity index (χ4v) is 1.49. The van der Waals surface area contributed by atoms with E-state index in [1.807, 2.05) is 31.2 Å². The zero-order valence-electron chi connectivity index (χ0n) is 8.27. The van der Waals surface area contributed by atoms with Gasteiger partial charge in [-0.15, -0.1) is 0 Å². The molecule has 0 unspecified atom stereocenters. The van der Waals surface area contributed by atoms with Gasteiger partial charge in [-0.3, -0.25) is 0 Å². The fraction of sp³-hybridized carbons (Fsp3) is 0.333. The molecule has 0 radical (unpaired) electrons. The topological polar surface area (TPSA) is 63.4 Å². The summed E-state index contributed by atoms with van der Waals surface area (Å²) in [4.78, 5) is 0. The van der Waals surface area contributed by atoms with Crippen molar-refractivity contribution in [2.24, 2.45) is 5.14 Å². The second-order valence-electron chi connectivity index (χ2n) is 3.29. The van der Waals surface area contributed by atoms with Gasteiger partial charge < -0.3 is 0 Å². The van der Waals surface area contributed by atoms with Crippen molar-refractivity contribution in [3.8, 4) is 0 Å². The quantitative estimate of drug-likeness (QED) is 0.802. The molecule has 0 amide bonds. The van der Waals surface area contributed by atoms with E-state index in [-0.39, 0.29) is 0 Å². The highest BCUT2D eigenvalue weighted by molar-refractivity contribution is 7.86. The first-order chi connectivity index (χ1) is 6.39. The number of aryl methyl sites for hydroxylation is 1. The average Bonchev–Trinajstić information content (AvgIpc) is 2.02. The number of rotatable bonds is 3. The highest BCUT2D eigenvalue weighted by Crippen LogP contribution is 2.07. The molecule has 0 aromatic heterocycles.